The molecule has 0 radical (unpaired) electrons. The van der Waals surface area contributed by atoms with Crippen LogP contribution in [0.5, 0.6) is 5.75 Å². The minimum absolute atomic E-state index is 0.0694. The predicted octanol–water partition coefficient (Wildman–Crippen LogP) is 6.54. The second-order valence-corrected chi connectivity index (χ2v) is 12.8. The van der Waals surface area contributed by atoms with Crippen LogP contribution in [0.15, 0.2) is 71.5 Å². The zero-order valence-electron chi connectivity index (χ0n) is 28.6. The van der Waals surface area contributed by atoms with Crippen molar-refractivity contribution in [2.75, 3.05) is 55.4 Å². The standard InChI is InChI=1S/C38H44N8O4/c1-3-7-35(48)40-29-23-30(33(49-2)24-31(29)46-18-12-27(13-19-46)45-16-4-5-17-45)42-38-39-15-11-28(41-38)37-36(43-34(44-37)8-6-20-47)26-10-9-25-14-21-50-32(25)22-26/h3,7,9-11,14-15,21-24,27,47H,4-6,8,12-13,16-20H2,1-2H3,(H,40,48)(H,43,44)(H,39,41,42)/b7-3+. The van der Waals surface area contributed by atoms with Gasteiger partial charge in [-0.25, -0.2) is 15.0 Å². The first-order valence-electron chi connectivity index (χ1n) is 17.5. The first kappa shape index (κ1) is 33.3. The van der Waals surface area contributed by atoms with Gasteiger partial charge in [-0.1, -0.05) is 18.2 Å². The number of benzene rings is 2. The Bertz CT molecular complexity index is 1970. The summed E-state index contributed by atoms with van der Waals surface area (Å²) in [6.45, 7) is 6.08. The topological polar surface area (TPSA) is 145 Å². The molecule has 2 aromatic carbocycles. The van der Waals surface area contributed by atoms with Crippen molar-refractivity contribution >= 4 is 39.9 Å². The van der Waals surface area contributed by atoms with Crippen LogP contribution in [0.25, 0.3) is 33.6 Å². The number of H-pyrrole nitrogens is 1. The number of likely N-dealkylation sites (tertiary alicyclic amines) is 1. The number of aryl methyl sites for hydroxylation is 1. The van der Waals surface area contributed by atoms with Gasteiger partial charge < -0.3 is 39.7 Å². The molecule has 2 saturated heterocycles. The molecule has 0 bridgehead atoms. The number of amides is 1. The van der Waals surface area contributed by atoms with E-state index in [4.69, 9.17) is 19.1 Å². The molecular formula is C38H44N8O4. The first-order chi connectivity index (χ1) is 24.5. The fourth-order valence-corrected chi connectivity index (χ4v) is 7.06. The van der Waals surface area contributed by atoms with E-state index in [9.17, 15) is 9.90 Å². The van der Waals surface area contributed by atoms with Gasteiger partial charge in [0.2, 0.25) is 11.9 Å². The molecule has 12 heteroatoms. The van der Waals surface area contributed by atoms with Gasteiger partial charge in [-0.05, 0) is 82.5 Å². The molecule has 7 rings (SSSR count). The Hall–Kier alpha value is -5.20. The summed E-state index contributed by atoms with van der Waals surface area (Å²) in [7, 11) is 1.64. The number of aromatic nitrogens is 4. The number of aliphatic hydroxyl groups is 1. The van der Waals surface area contributed by atoms with Gasteiger partial charge in [0.1, 0.15) is 17.2 Å². The van der Waals surface area contributed by atoms with Crippen LogP contribution in [0.3, 0.4) is 0 Å². The zero-order chi connectivity index (χ0) is 34.5. The lowest BCUT2D eigenvalue weighted by Crippen LogP contribution is -2.44. The van der Waals surface area contributed by atoms with Crippen molar-refractivity contribution in [3.8, 4) is 28.4 Å². The molecule has 0 unspecified atom stereocenters. The Labute approximate surface area is 291 Å². The van der Waals surface area contributed by atoms with Crippen molar-refractivity contribution in [1.29, 1.82) is 0 Å². The molecular weight excluding hydrogens is 632 g/mol. The van der Waals surface area contributed by atoms with E-state index in [1.807, 2.05) is 49.4 Å². The summed E-state index contributed by atoms with van der Waals surface area (Å²) >= 11 is 0. The second kappa shape index (κ2) is 15.1. The monoisotopic (exact) mass is 676 g/mol. The summed E-state index contributed by atoms with van der Waals surface area (Å²) in [6, 6.07) is 14.2. The number of ether oxygens (including phenoxy) is 1. The SMILES string of the molecule is C/C=C/C(=O)Nc1cc(Nc2nccc(-c3[nH]c(CCCO)nc3-c3ccc4ccoc4c3)n2)c(OC)cc1N1CCC(N2CCCC2)CC1. The maximum atomic E-state index is 12.8. The third-order valence-corrected chi connectivity index (χ3v) is 9.57. The summed E-state index contributed by atoms with van der Waals surface area (Å²) in [5.74, 6) is 1.51. The number of hydrogen-bond acceptors (Lipinski definition) is 10. The molecule has 260 valence electrons. The number of allylic oxidation sites excluding steroid dienone is 1. The van der Waals surface area contributed by atoms with Gasteiger partial charge in [-0.3, -0.25) is 4.79 Å². The molecule has 3 aromatic heterocycles. The quantitative estimate of drug-likeness (QED) is 0.108. The minimum atomic E-state index is -0.202. The number of fused-ring (bicyclic) bond motifs is 1. The van der Waals surface area contributed by atoms with E-state index in [0.29, 0.717) is 47.7 Å². The molecule has 2 aliphatic rings. The van der Waals surface area contributed by atoms with E-state index in [1.165, 1.54) is 32.0 Å². The van der Waals surface area contributed by atoms with Gasteiger partial charge >= 0.3 is 0 Å². The number of nitrogens with zero attached hydrogens (tertiary/aromatic N) is 5. The first-order valence-corrected chi connectivity index (χ1v) is 17.5. The Morgan fingerprint density at radius 1 is 1.08 bits per heavy atom. The highest BCUT2D eigenvalue weighted by molar-refractivity contribution is 6.02. The van der Waals surface area contributed by atoms with Crippen molar-refractivity contribution < 1.29 is 19.1 Å². The number of furan rings is 1. The molecule has 0 saturated carbocycles. The number of hydrogen-bond donors (Lipinski definition) is 4. The molecule has 2 fully saturated rings. The molecule has 0 aliphatic carbocycles. The number of methoxy groups -OCH3 is 1. The maximum absolute atomic E-state index is 12.8. The summed E-state index contributed by atoms with van der Waals surface area (Å²) in [5.41, 5.74) is 5.97. The van der Waals surface area contributed by atoms with Crippen LogP contribution in [0.1, 0.15) is 44.9 Å². The van der Waals surface area contributed by atoms with E-state index in [-0.39, 0.29) is 12.5 Å². The average molecular weight is 677 g/mol. The molecule has 50 heavy (non-hydrogen) atoms. The fourth-order valence-electron chi connectivity index (χ4n) is 7.06. The van der Waals surface area contributed by atoms with Crippen molar-refractivity contribution in [1.82, 2.24) is 24.8 Å². The number of carbonyl (C=O) groups excluding carboxylic acids is 1. The highest BCUT2D eigenvalue weighted by Crippen LogP contribution is 2.40. The molecule has 5 aromatic rings. The van der Waals surface area contributed by atoms with Crippen molar-refractivity contribution in [3.63, 3.8) is 0 Å². The molecule has 1 amide bonds. The molecule has 4 N–H and O–H groups in total. The van der Waals surface area contributed by atoms with Gasteiger partial charge in [0.25, 0.3) is 0 Å². The maximum Gasteiger partial charge on any atom is 0.248 e. The number of imidazole rings is 1. The van der Waals surface area contributed by atoms with Crippen LogP contribution in [-0.4, -0.2) is 81.8 Å². The van der Waals surface area contributed by atoms with Crippen LogP contribution in [0.4, 0.5) is 23.0 Å². The van der Waals surface area contributed by atoms with Gasteiger partial charge in [0.05, 0.1) is 47.5 Å². The van der Waals surface area contributed by atoms with E-state index >= 15 is 0 Å². The van der Waals surface area contributed by atoms with Crippen molar-refractivity contribution in [2.45, 2.75) is 51.5 Å². The van der Waals surface area contributed by atoms with Gasteiger partial charge in [-0.15, -0.1) is 0 Å². The normalized spacial score (nSPS) is 15.7. The van der Waals surface area contributed by atoms with E-state index < -0.39 is 0 Å². The Morgan fingerprint density at radius 2 is 1.92 bits per heavy atom. The molecule has 2 aliphatic heterocycles. The summed E-state index contributed by atoms with van der Waals surface area (Å²) in [4.78, 5) is 35.6. The van der Waals surface area contributed by atoms with E-state index in [1.54, 1.807) is 25.6 Å². The van der Waals surface area contributed by atoms with Crippen molar-refractivity contribution in [2.24, 2.45) is 0 Å². The van der Waals surface area contributed by atoms with Crippen LogP contribution in [0.2, 0.25) is 0 Å². The average Bonchev–Trinajstić information content (AvgIpc) is 3.93. The highest BCUT2D eigenvalue weighted by atomic mass is 16.5. The lowest BCUT2D eigenvalue weighted by Gasteiger charge is -2.38. The Kier molecular flexibility index (Phi) is 10.1. The number of piperidine rings is 1. The van der Waals surface area contributed by atoms with Crippen LogP contribution in [-0.2, 0) is 11.2 Å². The lowest BCUT2D eigenvalue weighted by atomic mass is 10.0. The van der Waals surface area contributed by atoms with Crippen LogP contribution < -0.4 is 20.3 Å². The number of nitrogens with one attached hydrogen (secondary N) is 3. The van der Waals surface area contributed by atoms with E-state index in [2.05, 4.69) is 30.4 Å². The predicted molar refractivity (Wildman–Crippen MR) is 196 cm³/mol. The minimum Gasteiger partial charge on any atom is -0.494 e. The Morgan fingerprint density at radius 3 is 2.70 bits per heavy atom. The lowest BCUT2D eigenvalue weighted by molar-refractivity contribution is -0.111. The Balaban J connectivity index is 1.19. The van der Waals surface area contributed by atoms with Gasteiger partial charge in [-0.2, -0.15) is 0 Å². The molecule has 5 heterocycles. The summed E-state index contributed by atoms with van der Waals surface area (Å²) < 4.78 is 11.6. The number of rotatable bonds is 12. The zero-order valence-corrected chi connectivity index (χ0v) is 28.6. The highest BCUT2D eigenvalue weighted by Gasteiger charge is 2.28. The molecule has 0 atom stereocenters. The summed E-state index contributed by atoms with van der Waals surface area (Å²) in [6.07, 6.45) is 12.5. The number of anilines is 4. The van der Waals surface area contributed by atoms with Gasteiger partial charge in [0.15, 0.2) is 0 Å². The van der Waals surface area contributed by atoms with Crippen LogP contribution in [0, 0.1) is 0 Å². The van der Waals surface area contributed by atoms with Gasteiger partial charge in [0, 0.05) is 55.4 Å². The fraction of sp³-hybridized carbons (Fsp3) is 0.368. The number of aliphatic hydroxyl groups excluding tert-OH is 1. The van der Waals surface area contributed by atoms with Crippen LogP contribution >= 0.6 is 0 Å². The number of carbonyl (C=O) groups is 1. The molecule has 12 nitrogen and oxygen atoms in total. The largest absolute Gasteiger partial charge is 0.494 e. The van der Waals surface area contributed by atoms with E-state index in [0.717, 1.165) is 65.4 Å². The smallest absolute Gasteiger partial charge is 0.248 e. The number of aromatic amines is 1. The second-order valence-electron chi connectivity index (χ2n) is 12.8. The third-order valence-electron chi connectivity index (χ3n) is 9.57. The third kappa shape index (κ3) is 7.22. The van der Waals surface area contributed by atoms with Crippen molar-refractivity contribution in [3.05, 3.63) is 72.9 Å². The molecule has 0 spiro atoms. The summed E-state index contributed by atoms with van der Waals surface area (Å²) in [5, 5.41) is 16.9.